The summed E-state index contributed by atoms with van der Waals surface area (Å²) >= 11 is 0. The average molecular weight is 410 g/mol. The summed E-state index contributed by atoms with van der Waals surface area (Å²) in [7, 11) is 0. The molecule has 2 heterocycles. The Balaban J connectivity index is 1.58. The first-order valence-electron chi connectivity index (χ1n) is 9.09. The second kappa shape index (κ2) is 7.55. The van der Waals surface area contributed by atoms with Crippen LogP contribution in [0.1, 0.15) is 12.5 Å². The number of H-pyrrole nitrogens is 1. The smallest absolute Gasteiger partial charge is 0.354 e. The molecule has 0 saturated heterocycles. The van der Waals surface area contributed by atoms with Crippen molar-refractivity contribution in [3.8, 4) is 11.3 Å². The summed E-state index contributed by atoms with van der Waals surface area (Å²) < 4.78 is 39.0. The quantitative estimate of drug-likeness (QED) is 0.389. The Hall–Kier alpha value is -3.81. The predicted octanol–water partition coefficient (Wildman–Crippen LogP) is 5.95. The topological polar surface area (TPSA) is 69.8 Å². The van der Waals surface area contributed by atoms with Crippen LogP contribution >= 0.6 is 0 Å². The molecule has 0 bridgehead atoms. The predicted molar refractivity (Wildman–Crippen MR) is 111 cm³/mol. The molecule has 5 nitrogen and oxygen atoms in total. The number of aromatic nitrogens is 2. The molecule has 0 saturated carbocycles. The number of alkyl halides is 3. The molecule has 4 rings (SSSR count). The van der Waals surface area contributed by atoms with Crippen molar-refractivity contribution in [3.05, 3.63) is 72.4 Å². The highest BCUT2D eigenvalue weighted by molar-refractivity contribution is 5.89. The minimum absolute atomic E-state index is 0.147. The molecule has 0 radical (unpaired) electrons. The largest absolute Gasteiger partial charge is 0.416 e. The number of aromatic amines is 1. The van der Waals surface area contributed by atoms with E-state index in [-0.39, 0.29) is 5.91 Å². The summed E-state index contributed by atoms with van der Waals surface area (Å²) in [6.45, 7) is 1.44. The second-order valence-corrected chi connectivity index (χ2v) is 6.80. The number of halogens is 3. The van der Waals surface area contributed by atoms with Crippen LogP contribution in [-0.4, -0.2) is 15.9 Å². The second-order valence-electron chi connectivity index (χ2n) is 6.80. The van der Waals surface area contributed by atoms with Gasteiger partial charge in [-0.05, 0) is 48.0 Å². The Morgan fingerprint density at radius 2 is 1.73 bits per heavy atom. The zero-order chi connectivity index (χ0) is 21.3. The summed E-state index contributed by atoms with van der Waals surface area (Å²) in [5.41, 5.74) is 2.54. The normalized spacial score (nSPS) is 11.5. The number of amides is 1. The number of pyridine rings is 1. The van der Waals surface area contributed by atoms with Crippen LogP contribution in [-0.2, 0) is 11.0 Å². The molecule has 8 heteroatoms. The van der Waals surface area contributed by atoms with Gasteiger partial charge in [0.1, 0.15) is 5.82 Å². The lowest BCUT2D eigenvalue weighted by Crippen LogP contribution is -2.05. The van der Waals surface area contributed by atoms with Crippen molar-refractivity contribution in [2.24, 2.45) is 0 Å². The summed E-state index contributed by atoms with van der Waals surface area (Å²) in [6.07, 6.45) is -2.74. The number of nitrogens with one attached hydrogen (secondary N) is 3. The first-order chi connectivity index (χ1) is 14.3. The molecule has 0 unspecified atom stereocenters. The zero-order valence-corrected chi connectivity index (χ0v) is 15.8. The first kappa shape index (κ1) is 19.5. The maximum atomic E-state index is 13.0. The van der Waals surface area contributed by atoms with E-state index in [1.807, 2.05) is 0 Å². The van der Waals surface area contributed by atoms with E-state index in [4.69, 9.17) is 0 Å². The van der Waals surface area contributed by atoms with Crippen LogP contribution in [0.5, 0.6) is 0 Å². The van der Waals surface area contributed by atoms with E-state index in [0.29, 0.717) is 22.8 Å². The molecule has 4 aromatic rings. The summed E-state index contributed by atoms with van der Waals surface area (Å²) in [5, 5.41) is 6.64. The molecule has 0 atom stereocenters. The molecule has 1 amide bonds. The number of hydrogen-bond acceptors (Lipinski definition) is 3. The molecule has 30 heavy (non-hydrogen) atoms. The maximum absolute atomic E-state index is 13.0. The fourth-order valence-electron chi connectivity index (χ4n) is 3.10. The molecule has 2 aromatic carbocycles. The maximum Gasteiger partial charge on any atom is 0.416 e. The first-order valence-corrected chi connectivity index (χ1v) is 9.09. The molecular formula is C22H17F3N4O. The van der Waals surface area contributed by atoms with Crippen LogP contribution in [0, 0.1) is 0 Å². The molecule has 0 aliphatic carbocycles. The molecule has 0 fully saturated rings. The summed E-state index contributed by atoms with van der Waals surface area (Å²) in [5.74, 6) is 0.429. The van der Waals surface area contributed by atoms with E-state index >= 15 is 0 Å². The van der Waals surface area contributed by atoms with Crippen molar-refractivity contribution in [2.75, 3.05) is 10.6 Å². The molecule has 3 N–H and O–H groups in total. The Kier molecular flexibility index (Phi) is 4.91. The van der Waals surface area contributed by atoms with Gasteiger partial charge in [-0.25, -0.2) is 4.98 Å². The van der Waals surface area contributed by atoms with Gasteiger partial charge in [0.25, 0.3) is 0 Å². The van der Waals surface area contributed by atoms with Crippen LogP contribution in [0.2, 0.25) is 0 Å². The van der Waals surface area contributed by atoms with Crippen LogP contribution < -0.4 is 10.6 Å². The minimum Gasteiger partial charge on any atom is -0.354 e. The fourth-order valence-corrected chi connectivity index (χ4v) is 3.10. The SMILES string of the molecule is CC(=O)Nc1ccc(Nc2cc3[nH]c(-c4cccc(C(F)(F)F)c4)cc3cn2)cc1. The van der Waals surface area contributed by atoms with Gasteiger partial charge in [0.15, 0.2) is 0 Å². The number of nitrogens with zero attached hydrogens (tertiary/aromatic N) is 1. The lowest BCUT2D eigenvalue weighted by Gasteiger charge is -2.07. The van der Waals surface area contributed by atoms with Gasteiger partial charge in [-0.2, -0.15) is 13.2 Å². The van der Waals surface area contributed by atoms with Crippen molar-refractivity contribution in [1.82, 2.24) is 9.97 Å². The van der Waals surface area contributed by atoms with Crippen molar-refractivity contribution in [2.45, 2.75) is 13.1 Å². The number of carbonyl (C=O) groups excluding carboxylic acids is 1. The number of carbonyl (C=O) groups is 1. The van der Waals surface area contributed by atoms with E-state index in [1.54, 1.807) is 48.7 Å². The number of anilines is 3. The number of benzene rings is 2. The third kappa shape index (κ3) is 4.27. The Labute approximate surface area is 170 Å². The van der Waals surface area contributed by atoms with Gasteiger partial charge in [-0.3, -0.25) is 4.79 Å². The molecule has 152 valence electrons. The summed E-state index contributed by atoms with van der Waals surface area (Å²) in [4.78, 5) is 18.6. The lowest BCUT2D eigenvalue weighted by atomic mass is 10.1. The molecule has 0 aliphatic heterocycles. The van der Waals surface area contributed by atoms with Crippen molar-refractivity contribution in [1.29, 1.82) is 0 Å². The van der Waals surface area contributed by atoms with Gasteiger partial charge in [0.05, 0.1) is 11.1 Å². The highest BCUT2D eigenvalue weighted by Crippen LogP contribution is 2.33. The van der Waals surface area contributed by atoms with E-state index in [1.165, 1.54) is 13.0 Å². The number of hydrogen-bond donors (Lipinski definition) is 3. The van der Waals surface area contributed by atoms with Gasteiger partial charge in [-0.1, -0.05) is 12.1 Å². The van der Waals surface area contributed by atoms with Gasteiger partial charge in [0, 0.05) is 41.6 Å². The van der Waals surface area contributed by atoms with Crippen molar-refractivity contribution in [3.63, 3.8) is 0 Å². The Morgan fingerprint density at radius 1 is 1.00 bits per heavy atom. The summed E-state index contributed by atoms with van der Waals surface area (Å²) in [6, 6.07) is 15.9. The highest BCUT2D eigenvalue weighted by Gasteiger charge is 2.30. The molecule has 0 spiro atoms. The molecular weight excluding hydrogens is 393 g/mol. The van der Waals surface area contributed by atoms with Crippen LogP contribution in [0.15, 0.2) is 66.9 Å². The van der Waals surface area contributed by atoms with Crippen LogP contribution in [0.25, 0.3) is 22.2 Å². The van der Waals surface area contributed by atoms with Gasteiger partial charge in [0.2, 0.25) is 5.91 Å². The van der Waals surface area contributed by atoms with Gasteiger partial charge < -0.3 is 15.6 Å². The van der Waals surface area contributed by atoms with Gasteiger partial charge in [-0.15, -0.1) is 0 Å². The number of fused-ring (bicyclic) bond motifs is 1. The van der Waals surface area contributed by atoms with E-state index in [2.05, 4.69) is 20.6 Å². The lowest BCUT2D eigenvalue weighted by molar-refractivity contribution is -0.137. The van der Waals surface area contributed by atoms with Gasteiger partial charge >= 0.3 is 6.18 Å². The Bertz CT molecular complexity index is 1210. The Morgan fingerprint density at radius 3 is 2.43 bits per heavy atom. The van der Waals surface area contributed by atoms with Crippen LogP contribution in [0.3, 0.4) is 0 Å². The number of rotatable bonds is 4. The highest BCUT2D eigenvalue weighted by atomic mass is 19.4. The third-order valence-electron chi connectivity index (χ3n) is 4.48. The minimum atomic E-state index is -4.39. The van der Waals surface area contributed by atoms with Crippen molar-refractivity contribution >= 4 is 34.0 Å². The fraction of sp³-hybridized carbons (Fsp3) is 0.0909. The van der Waals surface area contributed by atoms with E-state index < -0.39 is 11.7 Å². The average Bonchev–Trinajstić information content (AvgIpc) is 3.12. The zero-order valence-electron chi connectivity index (χ0n) is 15.8. The standard InChI is InChI=1S/C22H17F3N4O/c1-13(30)27-17-5-7-18(8-6-17)28-21-11-20-15(12-26-21)10-19(29-20)14-3-2-4-16(9-14)22(23,24)25/h2-12,29H,1H3,(H,26,28)(H,27,30). The van der Waals surface area contributed by atoms with Crippen molar-refractivity contribution < 1.29 is 18.0 Å². The van der Waals surface area contributed by atoms with E-state index in [0.717, 1.165) is 28.7 Å². The molecule has 2 aromatic heterocycles. The van der Waals surface area contributed by atoms with E-state index in [9.17, 15) is 18.0 Å². The third-order valence-corrected chi connectivity index (χ3v) is 4.48. The van der Waals surface area contributed by atoms with Crippen LogP contribution in [0.4, 0.5) is 30.4 Å². The molecule has 0 aliphatic rings. The monoisotopic (exact) mass is 410 g/mol.